The van der Waals surface area contributed by atoms with Crippen LogP contribution in [0.5, 0.6) is 0 Å². The molecule has 1 atom stereocenters. The maximum absolute atomic E-state index is 11.6. The highest BCUT2D eigenvalue weighted by Crippen LogP contribution is 2.01. The minimum Gasteiger partial charge on any atom is -0.396 e. The molecule has 0 fully saturated rings. The van der Waals surface area contributed by atoms with Gasteiger partial charge in [-0.2, -0.15) is 0 Å². The van der Waals surface area contributed by atoms with Gasteiger partial charge in [-0.25, -0.2) is 0 Å². The van der Waals surface area contributed by atoms with E-state index in [0.29, 0.717) is 13.0 Å². The third-order valence-electron chi connectivity index (χ3n) is 2.72. The number of hydrogen-bond donors (Lipinski definition) is 1. The standard InChI is InChI=1S/C12H25NO3/c1-4-5-6-9-16-10-12(15)13(3)11(2)7-8-14/h11,14H,4-10H2,1-3H3. The largest absolute Gasteiger partial charge is 0.396 e. The van der Waals surface area contributed by atoms with Gasteiger partial charge in [-0.15, -0.1) is 0 Å². The molecule has 4 nitrogen and oxygen atoms in total. The number of aliphatic hydroxyl groups excluding tert-OH is 1. The molecule has 1 N–H and O–H groups in total. The predicted octanol–water partition coefficient (Wildman–Crippen LogP) is 1.42. The second-order valence-corrected chi connectivity index (χ2v) is 4.13. The highest BCUT2D eigenvalue weighted by atomic mass is 16.5. The fourth-order valence-corrected chi connectivity index (χ4v) is 1.34. The average molecular weight is 231 g/mol. The van der Waals surface area contributed by atoms with Gasteiger partial charge in [0.15, 0.2) is 0 Å². The monoisotopic (exact) mass is 231 g/mol. The molecule has 1 amide bonds. The first-order valence-electron chi connectivity index (χ1n) is 6.07. The number of aliphatic hydroxyl groups is 1. The minimum absolute atomic E-state index is 0.0163. The Morgan fingerprint density at radius 1 is 1.44 bits per heavy atom. The van der Waals surface area contributed by atoms with Crippen LogP contribution in [0.3, 0.4) is 0 Å². The van der Waals surface area contributed by atoms with Crippen molar-refractivity contribution in [3.8, 4) is 0 Å². The van der Waals surface area contributed by atoms with E-state index in [1.54, 1.807) is 11.9 Å². The van der Waals surface area contributed by atoms with Gasteiger partial charge in [-0.3, -0.25) is 4.79 Å². The predicted molar refractivity (Wildman–Crippen MR) is 64.3 cm³/mol. The lowest BCUT2D eigenvalue weighted by Crippen LogP contribution is -2.38. The summed E-state index contributed by atoms with van der Waals surface area (Å²) >= 11 is 0. The van der Waals surface area contributed by atoms with Crippen LogP contribution >= 0.6 is 0 Å². The van der Waals surface area contributed by atoms with E-state index in [2.05, 4.69) is 6.92 Å². The SMILES string of the molecule is CCCCCOCC(=O)N(C)C(C)CCO. The summed E-state index contributed by atoms with van der Waals surface area (Å²) in [5.41, 5.74) is 0. The maximum Gasteiger partial charge on any atom is 0.248 e. The zero-order valence-corrected chi connectivity index (χ0v) is 10.7. The number of nitrogens with zero attached hydrogens (tertiary/aromatic N) is 1. The molecule has 0 aliphatic heterocycles. The quantitative estimate of drug-likeness (QED) is 0.611. The van der Waals surface area contributed by atoms with Gasteiger partial charge in [0.25, 0.3) is 0 Å². The van der Waals surface area contributed by atoms with Gasteiger partial charge in [0, 0.05) is 26.3 Å². The number of amides is 1. The zero-order valence-electron chi connectivity index (χ0n) is 10.7. The Morgan fingerprint density at radius 2 is 2.12 bits per heavy atom. The number of rotatable bonds is 9. The molecule has 0 aliphatic carbocycles. The summed E-state index contributed by atoms with van der Waals surface area (Å²) in [7, 11) is 1.75. The van der Waals surface area contributed by atoms with E-state index in [9.17, 15) is 4.79 Å². The van der Waals surface area contributed by atoms with Crippen LogP contribution < -0.4 is 0 Å². The lowest BCUT2D eigenvalue weighted by atomic mass is 10.2. The van der Waals surface area contributed by atoms with Gasteiger partial charge >= 0.3 is 0 Å². The van der Waals surface area contributed by atoms with Crippen molar-refractivity contribution in [2.75, 3.05) is 26.9 Å². The van der Waals surface area contributed by atoms with E-state index in [0.717, 1.165) is 19.3 Å². The van der Waals surface area contributed by atoms with Crippen LogP contribution in [0, 0.1) is 0 Å². The topological polar surface area (TPSA) is 49.8 Å². The molecule has 96 valence electrons. The molecular formula is C12H25NO3. The van der Waals surface area contributed by atoms with Gasteiger partial charge < -0.3 is 14.7 Å². The van der Waals surface area contributed by atoms with Crippen molar-refractivity contribution in [2.45, 2.75) is 45.6 Å². The highest BCUT2D eigenvalue weighted by molar-refractivity contribution is 5.77. The summed E-state index contributed by atoms with van der Waals surface area (Å²) in [4.78, 5) is 13.2. The molecule has 0 aromatic rings. The van der Waals surface area contributed by atoms with Crippen LogP contribution in [0.25, 0.3) is 0 Å². The summed E-state index contributed by atoms with van der Waals surface area (Å²) in [6.07, 6.45) is 3.92. The fraction of sp³-hybridized carbons (Fsp3) is 0.917. The molecule has 0 aromatic heterocycles. The van der Waals surface area contributed by atoms with E-state index in [1.165, 1.54) is 0 Å². The van der Waals surface area contributed by atoms with Crippen LogP contribution in [0.2, 0.25) is 0 Å². The second kappa shape index (κ2) is 9.60. The first-order chi connectivity index (χ1) is 7.63. The van der Waals surface area contributed by atoms with E-state index in [4.69, 9.17) is 9.84 Å². The Kier molecular flexibility index (Phi) is 9.24. The van der Waals surface area contributed by atoms with Gasteiger partial charge in [-0.05, 0) is 19.8 Å². The number of likely N-dealkylation sites (N-methyl/N-ethyl adjacent to an activating group) is 1. The van der Waals surface area contributed by atoms with Gasteiger partial charge in [0.05, 0.1) is 0 Å². The number of unbranched alkanes of at least 4 members (excludes halogenated alkanes) is 2. The van der Waals surface area contributed by atoms with Crippen LogP contribution in [0.4, 0.5) is 0 Å². The third-order valence-corrected chi connectivity index (χ3v) is 2.72. The van der Waals surface area contributed by atoms with Crippen molar-refractivity contribution in [3.63, 3.8) is 0 Å². The molecule has 4 heteroatoms. The summed E-state index contributed by atoms with van der Waals surface area (Å²) in [5.74, 6) is -0.0163. The van der Waals surface area contributed by atoms with Crippen molar-refractivity contribution in [1.29, 1.82) is 0 Å². The Hall–Kier alpha value is -0.610. The summed E-state index contributed by atoms with van der Waals surface area (Å²) < 4.78 is 5.29. The Balaban J connectivity index is 3.62. The van der Waals surface area contributed by atoms with Crippen LogP contribution in [0.15, 0.2) is 0 Å². The lowest BCUT2D eigenvalue weighted by molar-refractivity contribution is -0.136. The number of ether oxygens (including phenoxy) is 1. The van der Waals surface area contributed by atoms with Gasteiger partial charge in [0.2, 0.25) is 5.91 Å². The molecule has 0 heterocycles. The van der Waals surface area contributed by atoms with E-state index in [1.807, 2.05) is 6.92 Å². The number of hydrogen-bond acceptors (Lipinski definition) is 3. The normalized spacial score (nSPS) is 12.5. The molecule has 0 saturated carbocycles. The fourth-order valence-electron chi connectivity index (χ4n) is 1.34. The molecular weight excluding hydrogens is 206 g/mol. The Bertz CT molecular complexity index is 185. The smallest absolute Gasteiger partial charge is 0.248 e. The lowest BCUT2D eigenvalue weighted by Gasteiger charge is -2.24. The molecule has 0 spiro atoms. The van der Waals surface area contributed by atoms with E-state index in [-0.39, 0.29) is 25.2 Å². The Morgan fingerprint density at radius 3 is 2.69 bits per heavy atom. The molecule has 0 radical (unpaired) electrons. The maximum atomic E-state index is 11.6. The third kappa shape index (κ3) is 6.80. The molecule has 0 saturated heterocycles. The average Bonchev–Trinajstić information content (AvgIpc) is 2.27. The highest BCUT2D eigenvalue weighted by Gasteiger charge is 2.14. The van der Waals surface area contributed by atoms with Crippen molar-refractivity contribution in [1.82, 2.24) is 4.90 Å². The van der Waals surface area contributed by atoms with E-state index >= 15 is 0 Å². The van der Waals surface area contributed by atoms with Gasteiger partial charge in [-0.1, -0.05) is 19.8 Å². The molecule has 0 rings (SSSR count). The molecule has 0 bridgehead atoms. The first kappa shape index (κ1) is 15.4. The molecule has 0 aliphatic rings. The number of carbonyl (C=O) groups excluding carboxylic acids is 1. The summed E-state index contributed by atoms with van der Waals surface area (Å²) in [6.45, 7) is 4.97. The minimum atomic E-state index is -0.0163. The van der Waals surface area contributed by atoms with Crippen LogP contribution in [0.1, 0.15) is 39.5 Å². The van der Waals surface area contributed by atoms with Crippen molar-refractivity contribution in [2.24, 2.45) is 0 Å². The van der Waals surface area contributed by atoms with Gasteiger partial charge in [0.1, 0.15) is 6.61 Å². The van der Waals surface area contributed by atoms with Crippen molar-refractivity contribution >= 4 is 5.91 Å². The first-order valence-corrected chi connectivity index (χ1v) is 6.07. The second-order valence-electron chi connectivity index (χ2n) is 4.13. The van der Waals surface area contributed by atoms with E-state index < -0.39 is 0 Å². The molecule has 0 aromatic carbocycles. The van der Waals surface area contributed by atoms with Crippen LogP contribution in [-0.4, -0.2) is 48.8 Å². The molecule has 16 heavy (non-hydrogen) atoms. The molecule has 1 unspecified atom stereocenters. The van der Waals surface area contributed by atoms with Crippen LogP contribution in [-0.2, 0) is 9.53 Å². The zero-order chi connectivity index (χ0) is 12.4. The van der Waals surface area contributed by atoms with Crippen molar-refractivity contribution < 1.29 is 14.6 Å². The number of carbonyl (C=O) groups is 1. The van der Waals surface area contributed by atoms with Crippen molar-refractivity contribution in [3.05, 3.63) is 0 Å². The summed E-state index contributed by atoms with van der Waals surface area (Å²) in [6, 6.07) is 0.0664. The Labute approximate surface area is 98.6 Å². The summed E-state index contributed by atoms with van der Waals surface area (Å²) in [5, 5.41) is 8.77.